The minimum Gasteiger partial charge on any atom is -0.258 e. The first-order valence-electron chi connectivity index (χ1n) is 5.70. The Hall–Kier alpha value is -1.38. The molecule has 0 radical (unpaired) electrons. The molecule has 0 unspecified atom stereocenters. The summed E-state index contributed by atoms with van der Waals surface area (Å²) >= 11 is 4.58. The highest BCUT2D eigenvalue weighted by molar-refractivity contribution is 9.10. The maximum Gasteiger partial charge on any atom is 0.284 e. The average molecular weight is 388 g/mol. The van der Waals surface area contributed by atoms with Gasteiger partial charge in [0.2, 0.25) is 0 Å². The first-order chi connectivity index (χ1) is 9.79. The molecular weight excluding hydrogens is 378 g/mol. The maximum atomic E-state index is 11.5. The van der Waals surface area contributed by atoms with E-state index in [1.54, 1.807) is 0 Å². The Morgan fingerprint density at radius 3 is 2.38 bits per heavy atom. The molecule has 2 rings (SSSR count). The van der Waals surface area contributed by atoms with Gasteiger partial charge in [-0.25, -0.2) is 8.42 Å². The fourth-order valence-electron chi connectivity index (χ4n) is 1.60. The van der Waals surface area contributed by atoms with Crippen LogP contribution < -0.4 is 0 Å². The van der Waals surface area contributed by atoms with Crippen molar-refractivity contribution in [1.82, 2.24) is 0 Å². The van der Waals surface area contributed by atoms with Crippen molar-refractivity contribution in [3.8, 4) is 0 Å². The third-order valence-electron chi connectivity index (χ3n) is 2.61. The monoisotopic (exact) mass is 387 g/mol. The van der Waals surface area contributed by atoms with E-state index < -0.39 is 14.8 Å². The standard InChI is InChI=1S/C13H10BrNO4S2/c1-21(18,19)9-6-7-13(11(8-9)15(16)17)20-12-5-3-2-4-10(12)14/h2-8H,1H3. The summed E-state index contributed by atoms with van der Waals surface area (Å²) in [7, 11) is -3.48. The number of halogens is 1. The number of sulfone groups is 1. The fourth-order valence-corrected chi connectivity index (χ4v) is 3.69. The average Bonchev–Trinajstić information content (AvgIpc) is 2.40. The lowest BCUT2D eigenvalue weighted by Crippen LogP contribution is -1.99. The second-order valence-corrected chi connectivity index (χ2v) is 8.15. The Labute approximate surface area is 134 Å². The Bertz CT molecular complexity index is 806. The Kier molecular flexibility index (Phi) is 4.70. The van der Waals surface area contributed by atoms with Gasteiger partial charge in [0.05, 0.1) is 14.7 Å². The molecule has 0 heterocycles. The van der Waals surface area contributed by atoms with Crippen molar-refractivity contribution in [1.29, 1.82) is 0 Å². The highest BCUT2D eigenvalue weighted by Gasteiger charge is 2.19. The molecule has 2 aromatic carbocycles. The summed E-state index contributed by atoms with van der Waals surface area (Å²) in [5.41, 5.74) is -0.223. The molecule has 0 aliphatic heterocycles. The smallest absolute Gasteiger partial charge is 0.258 e. The van der Waals surface area contributed by atoms with E-state index in [4.69, 9.17) is 0 Å². The van der Waals surface area contributed by atoms with Gasteiger partial charge in [-0.3, -0.25) is 10.1 Å². The molecule has 0 aromatic heterocycles. The van der Waals surface area contributed by atoms with Crippen LogP contribution >= 0.6 is 27.7 Å². The third-order valence-corrected chi connectivity index (χ3v) is 5.82. The molecule has 2 aromatic rings. The van der Waals surface area contributed by atoms with Crippen molar-refractivity contribution >= 4 is 43.2 Å². The Morgan fingerprint density at radius 1 is 1.14 bits per heavy atom. The van der Waals surface area contributed by atoms with Gasteiger partial charge in [0.1, 0.15) is 0 Å². The normalized spacial score (nSPS) is 11.3. The molecule has 0 aliphatic carbocycles. The predicted molar refractivity (Wildman–Crippen MR) is 84.5 cm³/mol. The van der Waals surface area contributed by atoms with Crippen LogP contribution in [0.3, 0.4) is 0 Å². The van der Waals surface area contributed by atoms with E-state index in [2.05, 4.69) is 15.9 Å². The lowest BCUT2D eigenvalue weighted by atomic mass is 10.3. The summed E-state index contributed by atoms with van der Waals surface area (Å²) in [6.45, 7) is 0. The molecule has 0 fully saturated rings. The number of nitro benzene ring substituents is 1. The lowest BCUT2D eigenvalue weighted by Gasteiger charge is -2.06. The molecular formula is C13H10BrNO4S2. The number of nitro groups is 1. The molecule has 0 N–H and O–H groups in total. The lowest BCUT2D eigenvalue weighted by molar-refractivity contribution is -0.388. The molecule has 0 saturated carbocycles. The molecule has 0 aliphatic rings. The summed E-state index contributed by atoms with van der Waals surface area (Å²) < 4.78 is 23.8. The van der Waals surface area contributed by atoms with Gasteiger partial charge in [-0.15, -0.1) is 0 Å². The van der Waals surface area contributed by atoms with Gasteiger partial charge in [0.15, 0.2) is 9.84 Å². The van der Waals surface area contributed by atoms with E-state index >= 15 is 0 Å². The minimum atomic E-state index is -3.48. The van der Waals surface area contributed by atoms with E-state index in [-0.39, 0.29) is 10.6 Å². The van der Waals surface area contributed by atoms with Crippen LogP contribution in [0.5, 0.6) is 0 Å². The van der Waals surface area contributed by atoms with E-state index in [0.717, 1.165) is 21.7 Å². The van der Waals surface area contributed by atoms with Crippen molar-refractivity contribution in [2.45, 2.75) is 14.7 Å². The van der Waals surface area contributed by atoms with Crippen LogP contribution in [0.25, 0.3) is 0 Å². The number of nitrogens with zero attached hydrogens (tertiary/aromatic N) is 1. The van der Waals surface area contributed by atoms with Crippen molar-refractivity contribution in [2.75, 3.05) is 6.26 Å². The van der Waals surface area contributed by atoms with Crippen LogP contribution in [0.1, 0.15) is 0 Å². The van der Waals surface area contributed by atoms with Crippen LogP contribution in [0.15, 0.2) is 61.6 Å². The van der Waals surface area contributed by atoms with Crippen molar-refractivity contribution < 1.29 is 13.3 Å². The largest absolute Gasteiger partial charge is 0.284 e. The summed E-state index contributed by atoms with van der Waals surface area (Å²) in [5, 5.41) is 11.2. The maximum absolute atomic E-state index is 11.5. The zero-order valence-electron chi connectivity index (χ0n) is 10.8. The van der Waals surface area contributed by atoms with E-state index in [1.807, 2.05) is 24.3 Å². The molecule has 110 valence electrons. The molecule has 21 heavy (non-hydrogen) atoms. The van der Waals surface area contributed by atoms with Gasteiger partial charge in [0.25, 0.3) is 5.69 Å². The van der Waals surface area contributed by atoms with Gasteiger partial charge in [-0.2, -0.15) is 0 Å². The summed E-state index contributed by atoms with van der Waals surface area (Å²) in [6, 6.07) is 11.2. The van der Waals surface area contributed by atoms with Gasteiger partial charge >= 0.3 is 0 Å². The molecule has 5 nitrogen and oxygen atoms in total. The molecule has 0 bridgehead atoms. The topological polar surface area (TPSA) is 77.3 Å². The number of hydrogen-bond donors (Lipinski definition) is 0. The van der Waals surface area contributed by atoms with Crippen LogP contribution in [0.2, 0.25) is 0 Å². The third kappa shape index (κ3) is 3.84. The quantitative estimate of drug-likeness (QED) is 0.586. The minimum absolute atomic E-state index is 0.0642. The van der Waals surface area contributed by atoms with Crippen LogP contribution in [-0.2, 0) is 9.84 Å². The van der Waals surface area contributed by atoms with Gasteiger partial charge in [0, 0.05) is 21.7 Å². The highest BCUT2D eigenvalue weighted by atomic mass is 79.9. The summed E-state index contributed by atoms with van der Waals surface area (Å²) in [4.78, 5) is 11.7. The van der Waals surface area contributed by atoms with Crippen molar-refractivity contribution in [3.05, 3.63) is 57.1 Å². The Morgan fingerprint density at radius 2 is 1.81 bits per heavy atom. The number of benzene rings is 2. The number of rotatable bonds is 4. The molecule has 8 heteroatoms. The van der Waals surface area contributed by atoms with Crippen molar-refractivity contribution in [3.63, 3.8) is 0 Å². The predicted octanol–water partition coefficient (Wildman–Crippen LogP) is 3.91. The molecule has 0 atom stereocenters. The SMILES string of the molecule is CS(=O)(=O)c1ccc(Sc2ccccc2Br)c([N+](=O)[O-])c1. The Balaban J connectivity index is 2.50. The molecule has 0 spiro atoms. The summed E-state index contributed by atoms with van der Waals surface area (Å²) in [6.07, 6.45) is 1.02. The van der Waals surface area contributed by atoms with E-state index in [1.165, 1.54) is 23.9 Å². The van der Waals surface area contributed by atoms with Gasteiger partial charge in [-0.1, -0.05) is 23.9 Å². The van der Waals surface area contributed by atoms with Crippen molar-refractivity contribution in [2.24, 2.45) is 0 Å². The molecule has 0 amide bonds. The first kappa shape index (κ1) is 16.0. The van der Waals surface area contributed by atoms with Gasteiger partial charge in [-0.05, 0) is 40.2 Å². The fraction of sp³-hybridized carbons (Fsp3) is 0.0769. The van der Waals surface area contributed by atoms with E-state index in [0.29, 0.717) is 4.90 Å². The number of hydrogen-bond acceptors (Lipinski definition) is 5. The van der Waals surface area contributed by atoms with E-state index in [9.17, 15) is 18.5 Å². The first-order valence-corrected chi connectivity index (χ1v) is 9.20. The van der Waals surface area contributed by atoms with Crippen LogP contribution in [0, 0.1) is 10.1 Å². The molecule has 0 saturated heterocycles. The second kappa shape index (κ2) is 6.17. The zero-order chi connectivity index (χ0) is 15.6. The van der Waals surface area contributed by atoms with Crippen LogP contribution in [-0.4, -0.2) is 19.6 Å². The highest BCUT2D eigenvalue weighted by Crippen LogP contribution is 2.39. The second-order valence-electron chi connectivity index (χ2n) is 4.19. The van der Waals surface area contributed by atoms with Crippen LogP contribution in [0.4, 0.5) is 5.69 Å². The summed E-state index contributed by atoms with van der Waals surface area (Å²) in [5.74, 6) is 0. The zero-order valence-corrected chi connectivity index (χ0v) is 14.0. The van der Waals surface area contributed by atoms with Gasteiger partial charge < -0.3 is 0 Å².